The highest BCUT2D eigenvalue weighted by Crippen LogP contribution is 2.42. The molecule has 0 saturated carbocycles. The van der Waals surface area contributed by atoms with Crippen molar-refractivity contribution in [3.8, 4) is 5.75 Å². The largest absolute Gasteiger partial charge is 0.494 e. The van der Waals surface area contributed by atoms with E-state index in [4.69, 9.17) is 25.5 Å². The van der Waals surface area contributed by atoms with Gasteiger partial charge < -0.3 is 13.9 Å². The molecule has 0 fully saturated rings. The van der Waals surface area contributed by atoms with Gasteiger partial charge >= 0.3 is 5.97 Å². The van der Waals surface area contributed by atoms with Gasteiger partial charge in [0.05, 0.1) is 35.8 Å². The van der Waals surface area contributed by atoms with Gasteiger partial charge in [0.15, 0.2) is 5.43 Å². The van der Waals surface area contributed by atoms with E-state index in [0.717, 1.165) is 19.3 Å². The number of benzene rings is 3. The van der Waals surface area contributed by atoms with Gasteiger partial charge in [-0.1, -0.05) is 44.0 Å². The van der Waals surface area contributed by atoms with Gasteiger partial charge in [-0.15, -0.1) is 0 Å². The number of ether oxygens (including phenoxy) is 2. The van der Waals surface area contributed by atoms with Gasteiger partial charge in [0.1, 0.15) is 11.3 Å². The van der Waals surface area contributed by atoms with Crippen molar-refractivity contribution in [3.63, 3.8) is 0 Å². The first-order chi connectivity index (χ1) is 18.9. The lowest BCUT2D eigenvalue weighted by atomic mass is 9.98. The Morgan fingerprint density at radius 3 is 2.51 bits per heavy atom. The molecule has 1 aromatic heterocycles. The molecule has 39 heavy (non-hydrogen) atoms. The second kappa shape index (κ2) is 11.3. The number of hydrogen-bond donors (Lipinski definition) is 0. The number of anilines is 1. The first kappa shape index (κ1) is 26.5. The molecule has 3 aromatic carbocycles. The third-order valence-electron chi connectivity index (χ3n) is 6.59. The topological polar surface area (TPSA) is 86.0 Å². The molecule has 8 heteroatoms. The predicted molar refractivity (Wildman–Crippen MR) is 150 cm³/mol. The summed E-state index contributed by atoms with van der Waals surface area (Å²) in [6.45, 7) is 4.92. The number of carbonyl (C=O) groups is 2. The van der Waals surface area contributed by atoms with Crippen LogP contribution in [0.15, 0.2) is 75.9 Å². The molecule has 0 spiro atoms. The molecule has 1 aliphatic rings. The van der Waals surface area contributed by atoms with Gasteiger partial charge in [0.25, 0.3) is 5.91 Å². The smallest absolute Gasteiger partial charge is 0.338 e. The van der Waals surface area contributed by atoms with Crippen LogP contribution in [0.2, 0.25) is 5.02 Å². The lowest BCUT2D eigenvalue weighted by Gasteiger charge is -2.25. The first-order valence-electron chi connectivity index (χ1n) is 13.0. The van der Waals surface area contributed by atoms with Crippen LogP contribution in [-0.4, -0.2) is 25.1 Å². The van der Waals surface area contributed by atoms with Gasteiger partial charge in [0.2, 0.25) is 5.76 Å². The van der Waals surface area contributed by atoms with Crippen LogP contribution >= 0.6 is 11.6 Å². The average molecular weight is 546 g/mol. The standard InChI is InChI=1S/C31H28ClNO6/c1-3-5-16-38-31(36)19-9-12-22(13-10-19)33-27(20-7-6-8-23(17-20)37-15-4-2)26-28(34)24-18-21(32)11-14-25(24)39-29(26)30(33)35/h6-14,17-18,27H,3-5,15-16H2,1-2H3. The highest BCUT2D eigenvalue weighted by molar-refractivity contribution is 6.31. The van der Waals surface area contributed by atoms with Crippen LogP contribution in [0.5, 0.6) is 5.75 Å². The average Bonchev–Trinajstić information content (AvgIpc) is 3.25. The first-order valence-corrected chi connectivity index (χ1v) is 13.4. The second-order valence-corrected chi connectivity index (χ2v) is 9.79. The van der Waals surface area contributed by atoms with E-state index in [1.165, 1.54) is 4.90 Å². The highest BCUT2D eigenvalue weighted by atomic mass is 35.5. The van der Waals surface area contributed by atoms with Gasteiger partial charge in [-0.25, -0.2) is 4.79 Å². The molecule has 0 saturated heterocycles. The number of amides is 1. The maximum absolute atomic E-state index is 13.8. The SMILES string of the molecule is CCCCOC(=O)c1ccc(N2C(=O)c3oc4ccc(Cl)cc4c(=O)c3C2c2cccc(OCCC)c2)cc1. The maximum Gasteiger partial charge on any atom is 0.338 e. The fourth-order valence-electron chi connectivity index (χ4n) is 4.67. The molecule has 7 nitrogen and oxygen atoms in total. The monoisotopic (exact) mass is 545 g/mol. The van der Waals surface area contributed by atoms with E-state index in [-0.39, 0.29) is 22.3 Å². The van der Waals surface area contributed by atoms with Crippen LogP contribution in [0.3, 0.4) is 0 Å². The van der Waals surface area contributed by atoms with Crippen LogP contribution in [0.25, 0.3) is 11.0 Å². The lowest BCUT2D eigenvalue weighted by molar-refractivity contribution is 0.0499. The molecule has 1 atom stereocenters. The van der Waals surface area contributed by atoms with Crippen molar-refractivity contribution >= 4 is 40.1 Å². The molecule has 200 valence electrons. The molecular weight excluding hydrogens is 518 g/mol. The van der Waals surface area contributed by atoms with Crippen LogP contribution in [0, 0.1) is 0 Å². The number of carbonyl (C=O) groups excluding carboxylic acids is 2. The lowest BCUT2D eigenvalue weighted by Crippen LogP contribution is -2.29. The van der Waals surface area contributed by atoms with Crippen molar-refractivity contribution < 1.29 is 23.5 Å². The van der Waals surface area contributed by atoms with E-state index in [2.05, 4.69) is 0 Å². The minimum absolute atomic E-state index is 0.0252. The van der Waals surface area contributed by atoms with Crippen LogP contribution in [0.1, 0.15) is 71.2 Å². The number of unbranched alkanes of at least 4 members (excludes halogenated alkanes) is 1. The van der Waals surface area contributed by atoms with Crippen molar-refractivity contribution in [2.75, 3.05) is 18.1 Å². The van der Waals surface area contributed by atoms with Crippen molar-refractivity contribution in [1.29, 1.82) is 0 Å². The molecule has 2 heterocycles. The molecule has 0 radical (unpaired) electrons. The Morgan fingerprint density at radius 1 is 0.974 bits per heavy atom. The summed E-state index contributed by atoms with van der Waals surface area (Å²) in [5.41, 5.74) is 1.74. The van der Waals surface area contributed by atoms with Crippen LogP contribution in [-0.2, 0) is 4.74 Å². The summed E-state index contributed by atoms with van der Waals surface area (Å²) in [6.07, 6.45) is 2.54. The van der Waals surface area contributed by atoms with Crippen LogP contribution < -0.4 is 15.1 Å². The zero-order valence-corrected chi connectivity index (χ0v) is 22.5. The highest BCUT2D eigenvalue weighted by Gasteiger charge is 2.43. The second-order valence-electron chi connectivity index (χ2n) is 9.35. The summed E-state index contributed by atoms with van der Waals surface area (Å²) in [4.78, 5) is 41.6. The molecule has 0 N–H and O–H groups in total. The number of hydrogen-bond acceptors (Lipinski definition) is 6. The molecule has 1 unspecified atom stereocenters. The fourth-order valence-corrected chi connectivity index (χ4v) is 4.84. The van der Waals surface area contributed by atoms with E-state index in [0.29, 0.717) is 46.2 Å². The normalized spacial score (nSPS) is 14.5. The Labute approximate surface area is 230 Å². The zero-order chi connectivity index (χ0) is 27.5. The van der Waals surface area contributed by atoms with E-state index in [1.54, 1.807) is 42.5 Å². The van der Waals surface area contributed by atoms with Crippen LogP contribution in [0.4, 0.5) is 5.69 Å². The van der Waals surface area contributed by atoms with Crippen molar-refractivity contribution in [1.82, 2.24) is 0 Å². The molecule has 1 aliphatic heterocycles. The van der Waals surface area contributed by atoms with Crippen molar-refractivity contribution in [2.45, 2.75) is 39.2 Å². The molecule has 1 amide bonds. The Hall–Kier alpha value is -4.10. The summed E-state index contributed by atoms with van der Waals surface area (Å²) in [6, 6.07) is 17.9. The molecule has 5 rings (SSSR count). The Bertz CT molecular complexity index is 1590. The number of fused-ring (bicyclic) bond motifs is 2. The minimum Gasteiger partial charge on any atom is -0.494 e. The number of nitrogens with zero attached hydrogens (tertiary/aromatic N) is 1. The summed E-state index contributed by atoms with van der Waals surface area (Å²) >= 11 is 6.19. The Morgan fingerprint density at radius 2 is 1.77 bits per heavy atom. The van der Waals surface area contributed by atoms with Gasteiger partial charge in [-0.3, -0.25) is 14.5 Å². The van der Waals surface area contributed by atoms with E-state index >= 15 is 0 Å². The molecule has 0 bridgehead atoms. The predicted octanol–water partition coefficient (Wildman–Crippen LogP) is 6.94. The Balaban J connectivity index is 1.62. The van der Waals surface area contributed by atoms with Gasteiger partial charge in [-0.2, -0.15) is 0 Å². The molecular formula is C31H28ClNO6. The summed E-state index contributed by atoms with van der Waals surface area (Å²) in [5, 5.41) is 0.688. The summed E-state index contributed by atoms with van der Waals surface area (Å²) in [5.74, 6) is -0.276. The van der Waals surface area contributed by atoms with Crippen molar-refractivity contribution in [2.24, 2.45) is 0 Å². The van der Waals surface area contributed by atoms with E-state index in [1.807, 2.05) is 38.1 Å². The molecule has 0 aliphatic carbocycles. The van der Waals surface area contributed by atoms with Gasteiger partial charge in [-0.05, 0) is 73.0 Å². The Kier molecular flexibility index (Phi) is 7.70. The number of esters is 1. The number of halogens is 1. The minimum atomic E-state index is -0.778. The van der Waals surface area contributed by atoms with Gasteiger partial charge in [0, 0.05) is 10.7 Å². The number of rotatable bonds is 9. The van der Waals surface area contributed by atoms with E-state index < -0.39 is 17.9 Å². The molecule has 4 aromatic rings. The van der Waals surface area contributed by atoms with E-state index in [9.17, 15) is 14.4 Å². The summed E-state index contributed by atoms with van der Waals surface area (Å²) < 4.78 is 17.2. The van der Waals surface area contributed by atoms with Crippen molar-refractivity contribution in [3.05, 3.63) is 104 Å². The maximum atomic E-state index is 13.8. The zero-order valence-electron chi connectivity index (χ0n) is 21.7. The quantitative estimate of drug-likeness (QED) is 0.167. The third kappa shape index (κ3) is 5.14. The third-order valence-corrected chi connectivity index (χ3v) is 6.83. The fraction of sp³-hybridized carbons (Fsp3) is 0.258. The summed E-state index contributed by atoms with van der Waals surface area (Å²) in [7, 11) is 0.